The predicted molar refractivity (Wildman–Crippen MR) is 82.0 cm³/mol. The summed E-state index contributed by atoms with van der Waals surface area (Å²) in [6.45, 7) is 1.74. The Morgan fingerprint density at radius 3 is 2.82 bits per heavy atom. The van der Waals surface area contributed by atoms with E-state index in [-0.39, 0.29) is 23.4 Å². The van der Waals surface area contributed by atoms with Crippen LogP contribution >= 0.6 is 11.6 Å². The summed E-state index contributed by atoms with van der Waals surface area (Å²) in [7, 11) is 0. The van der Waals surface area contributed by atoms with Gasteiger partial charge in [-0.3, -0.25) is 9.78 Å². The number of benzene rings is 1. The lowest BCUT2D eigenvalue weighted by molar-refractivity contribution is -0.122. The molecule has 0 bridgehead atoms. The van der Waals surface area contributed by atoms with Crippen molar-refractivity contribution in [1.82, 2.24) is 10.3 Å². The number of hydrogen-bond donors (Lipinski definition) is 2. The van der Waals surface area contributed by atoms with E-state index in [1.54, 1.807) is 25.4 Å². The van der Waals surface area contributed by atoms with Crippen LogP contribution in [0, 0.1) is 5.82 Å². The second kappa shape index (κ2) is 7.33. The van der Waals surface area contributed by atoms with Gasteiger partial charge in [0.2, 0.25) is 5.91 Å². The van der Waals surface area contributed by atoms with Crippen LogP contribution in [0.4, 0.5) is 4.39 Å². The van der Waals surface area contributed by atoms with Crippen molar-refractivity contribution in [3.8, 4) is 0 Å². The normalized spacial score (nSPS) is 13.5. The van der Waals surface area contributed by atoms with Crippen LogP contribution < -0.4 is 5.32 Å². The quantitative estimate of drug-likeness (QED) is 0.889. The topological polar surface area (TPSA) is 62.2 Å². The minimum atomic E-state index is -1.00. The molecule has 4 nitrogen and oxygen atoms in total. The first kappa shape index (κ1) is 16.4. The summed E-state index contributed by atoms with van der Waals surface area (Å²) in [4.78, 5) is 16.0. The zero-order valence-electron chi connectivity index (χ0n) is 12.0. The zero-order valence-corrected chi connectivity index (χ0v) is 12.7. The lowest BCUT2D eigenvalue weighted by atomic mass is 10.0. The Morgan fingerprint density at radius 2 is 2.18 bits per heavy atom. The van der Waals surface area contributed by atoms with Gasteiger partial charge in [0.1, 0.15) is 5.82 Å². The first-order chi connectivity index (χ1) is 10.5. The van der Waals surface area contributed by atoms with Gasteiger partial charge in [-0.15, -0.1) is 0 Å². The Bertz CT molecular complexity index is 652. The third-order valence-electron chi connectivity index (χ3n) is 3.38. The summed E-state index contributed by atoms with van der Waals surface area (Å²) in [6.07, 6.45) is 2.25. The monoisotopic (exact) mass is 322 g/mol. The van der Waals surface area contributed by atoms with E-state index in [2.05, 4.69) is 10.3 Å². The largest absolute Gasteiger partial charge is 0.387 e. The average molecular weight is 323 g/mol. The van der Waals surface area contributed by atoms with Crippen molar-refractivity contribution < 1.29 is 14.3 Å². The highest BCUT2D eigenvalue weighted by molar-refractivity contribution is 6.30. The highest BCUT2D eigenvalue weighted by atomic mass is 35.5. The van der Waals surface area contributed by atoms with Gasteiger partial charge in [0.15, 0.2) is 0 Å². The van der Waals surface area contributed by atoms with Gasteiger partial charge >= 0.3 is 0 Å². The summed E-state index contributed by atoms with van der Waals surface area (Å²) >= 11 is 5.59. The van der Waals surface area contributed by atoms with Gasteiger partial charge in [-0.1, -0.05) is 23.7 Å². The van der Waals surface area contributed by atoms with E-state index in [1.165, 1.54) is 12.1 Å². The Labute approximate surface area is 133 Å². The van der Waals surface area contributed by atoms with Crippen molar-refractivity contribution in [1.29, 1.82) is 0 Å². The van der Waals surface area contributed by atoms with E-state index in [9.17, 15) is 14.3 Å². The van der Waals surface area contributed by atoms with E-state index in [0.717, 1.165) is 11.6 Å². The molecule has 0 fully saturated rings. The van der Waals surface area contributed by atoms with Crippen molar-refractivity contribution in [2.24, 2.45) is 0 Å². The molecule has 1 amide bonds. The molecule has 0 saturated carbocycles. The van der Waals surface area contributed by atoms with Crippen LogP contribution in [0.25, 0.3) is 0 Å². The van der Waals surface area contributed by atoms with Crippen LogP contribution in [0.1, 0.15) is 30.1 Å². The van der Waals surface area contributed by atoms with Crippen LogP contribution in [-0.4, -0.2) is 22.5 Å². The third kappa shape index (κ3) is 4.02. The highest BCUT2D eigenvalue weighted by Gasteiger charge is 2.17. The number of carbonyl (C=O) groups is 1. The number of amides is 1. The molecule has 2 aromatic rings. The molecule has 0 radical (unpaired) electrons. The van der Waals surface area contributed by atoms with Gasteiger partial charge in [-0.05, 0) is 36.2 Å². The maximum Gasteiger partial charge on any atom is 0.227 e. The van der Waals surface area contributed by atoms with Gasteiger partial charge in [-0.2, -0.15) is 0 Å². The van der Waals surface area contributed by atoms with Crippen molar-refractivity contribution >= 4 is 17.5 Å². The summed E-state index contributed by atoms with van der Waals surface area (Å²) < 4.78 is 13.4. The van der Waals surface area contributed by atoms with Gasteiger partial charge in [-0.25, -0.2) is 4.39 Å². The van der Waals surface area contributed by atoms with Gasteiger partial charge < -0.3 is 10.4 Å². The number of carbonyl (C=O) groups excluding carboxylic acids is 1. The number of aliphatic hydroxyl groups is 1. The van der Waals surface area contributed by atoms with E-state index in [0.29, 0.717) is 5.56 Å². The number of aliphatic hydroxyl groups excluding tert-OH is 1. The fourth-order valence-electron chi connectivity index (χ4n) is 1.97. The number of hydrogen-bond acceptors (Lipinski definition) is 3. The number of halogens is 2. The second-order valence-corrected chi connectivity index (χ2v) is 5.35. The SMILES string of the molecule is CC(C(=O)NCC(O)c1ccc(Cl)c(F)c1)c1cccnc1. The maximum atomic E-state index is 13.4. The Kier molecular flexibility index (Phi) is 5.46. The molecule has 116 valence electrons. The predicted octanol–water partition coefficient (Wildman–Crippen LogP) is 2.83. The molecule has 6 heteroatoms. The van der Waals surface area contributed by atoms with Crippen LogP contribution in [0.15, 0.2) is 42.7 Å². The molecule has 0 spiro atoms. The lowest BCUT2D eigenvalue weighted by Gasteiger charge is -2.16. The second-order valence-electron chi connectivity index (χ2n) is 4.94. The molecule has 0 aliphatic carbocycles. The molecule has 1 heterocycles. The number of nitrogens with one attached hydrogen (secondary N) is 1. The highest BCUT2D eigenvalue weighted by Crippen LogP contribution is 2.20. The molecule has 0 saturated heterocycles. The van der Waals surface area contributed by atoms with Crippen molar-refractivity contribution in [3.63, 3.8) is 0 Å². The van der Waals surface area contributed by atoms with E-state index >= 15 is 0 Å². The van der Waals surface area contributed by atoms with E-state index in [4.69, 9.17) is 11.6 Å². The third-order valence-corrected chi connectivity index (χ3v) is 3.68. The Balaban J connectivity index is 1.94. The van der Waals surface area contributed by atoms with Crippen LogP contribution in [0.5, 0.6) is 0 Å². The molecule has 2 atom stereocenters. The summed E-state index contributed by atoms with van der Waals surface area (Å²) in [5.41, 5.74) is 1.14. The van der Waals surface area contributed by atoms with Gasteiger partial charge in [0.05, 0.1) is 17.0 Å². The van der Waals surface area contributed by atoms with Crippen LogP contribution in [0.2, 0.25) is 5.02 Å². The molecule has 1 aromatic heterocycles. The van der Waals surface area contributed by atoms with Crippen molar-refractivity contribution in [3.05, 3.63) is 64.7 Å². The molecule has 0 aliphatic heterocycles. The zero-order chi connectivity index (χ0) is 16.1. The Morgan fingerprint density at radius 1 is 1.41 bits per heavy atom. The Hall–Kier alpha value is -1.98. The number of rotatable bonds is 5. The minimum Gasteiger partial charge on any atom is -0.387 e. The maximum absolute atomic E-state index is 13.4. The smallest absolute Gasteiger partial charge is 0.227 e. The van der Waals surface area contributed by atoms with E-state index in [1.807, 2.05) is 6.07 Å². The number of pyridine rings is 1. The molecular weight excluding hydrogens is 307 g/mol. The average Bonchev–Trinajstić information content (AvgIpc) is 2.54. The molecule has 22 heavy (non-hydrogen) atoms. The summed E-state index contributed by atoms with van der Waals surface area (Å²) in [6, 6.07) is 7.61. The van der Waals surface area contributed by atoms with Gasteiger partial charge in [0.25, 0.3) is 0 Å². The fraction of sp³-hybridized carbons (Fsp3) is 0.250. The van der Waals surface area contributed by atoms with Crippen LogP contribution in [0.3, 0.4) is 0 Å². The molecule has 0 aliphatic rings. The molecule has 1 aromatic carbocycles. The number of nitrogens with zero attached hydrogens (tertiary/aromatic N) is 1. The summed E-state index contributed by atoms with van der Waals surface area (Å²) in [5.74, 6) is -1.22. The fourth-order valence-corrected chi connectivity index (χ4v) is 2.09. The molecule has 2 rings (SSSR count). The van der Waals surface area contributed by atoms with E-state index < -0.39 is 11.9 Å². The van der Waals surface area contributed by atoms with Crippen molar-refractivity contribution in [2.45, 2.75) is 18.9 Å². The number of aromatic nitrogens is 1. The molecule has 2 N–H and O–H groups in total. The molecule has 2 unspecified atom stereocenters. The van der Waals surface area contributed by atoms with Crippen LogP contribution in [-0.2, 0) is 4.79 Å². The molecular formula is C16H16ClFN2O2. The first-order valence-electron chi connectivity index (χ1n) is 6.79. The standard InChI is InChI=1S/C16H16ClFN2O2/c1-10(12-3-2-6-19-8-12)16(22)20-9-15(21)11-4-5-13(17)14(18)7-11/h2-8,10,15,21H,9H2,1H3,(H,20,22). The first-order valence-corrected chi connectivity index (χ1v) is 7.17. The minimum absolute atomic E-state index is 0.00909. The lowest BCUT2D eigenvalue weighted by Crippen LogP contribution is -2.31. The van der Waals surface area contributed by atoms with Crippen molar-refractivity contribution in [2.75, 3.05) is 6.54 Å². The summed E-state index contributed by atoms with van der Waals surface area (Å²) in [5, 5.41) is 12.6. The van der Waals surface area contributed by atoms with Gasteiger partial charge in [0, 0.05) is 18.9 Å².